The minimum atomic E-state index is -3.85. The van der Waals surface area contributed by atoms with Crippen LogP contribution in [0.15, 0.2) is 38.6 Å². The van der Waals surface area contributed by atoms with Gasteiger partial charge in [0.2, 0.25) is 20.7 Å². The first-order valence-electron chi connectivity index (χ1n) is 7.04. The summed E-state index contributed by atoms with van der Waals surface area (Å²) < 4.78 is 43.9. The smallest absolute Gasteiger partial charge is 0.235 e. The first-order valence-corrected chi connectivity index (χ1v) is 8.52. The Hall–Kier alpha value is -1.89. The minimum absolute atomic E-state index is 0.00709. The molecule has 0 saturated carbocycles. The molecule has 0 unspecified atom stereocenters. The summed E-state index contributed by atoms with van der Waals surface area (Å²) >= 11 is 0. The zero-order chi connectivity index (χ0) is 16.3. The molecular weight excluding hydrogens is 307 g/mol. The van der Waals surface area contributed by atoms with Crippen LogP contribution in [0.5, 0.6) is 0 Å². The first kappa shape index (κ1) is 16.5. The zero-order valence-corrected chi connectivity index (χ0v) is 13.7. The molecule has 0 fully saturated rings. The molecule has 0 atom stereocenters. The van der Waals surface area contributed by atoms with Gasteiger partial charge in [-0.2, -0.15) is 4.98 Å². The van der Waals surface area contributed by atoms with Crippen molar-refractivity contribution in [1.82, 2.24) is 4.98 Å². The van der Waals surface area contributed by atoms with E-state index >= 15 is 0 Å². The van der Waals surface area contributed by atoms with E-state index in [1.165, 1.54) is 12.1 Å². The Bertz CT molecular complexity index is 737. The molecule has 2 aromatic rings. The molecule has 7 heteroatoms. The molecule has 1 aromatic carbocycles. The number of nitrogens with zero attached hydrogens (tertiary/aromatic N) is 2. The van der Waals surface area contributed by atoms with E-state index in [0.29, 0.717) is 12.3 Å². The van der Waals surface area contributed by atoms with E-state index in [-0.39, 0.29) is 15.8 Å². The molecule has 0 saturated heterocycles. The molecule has 0 aliphatic rings. The van der Waals surface area contributed by atoms with E-state index in [4.69, 9.17) is 4.42 Å². The van der Waals surface area contributed by atoms with Crippen molar-refractivity contribution in [3.63, 3.8) is 0 Å². The molecule has 1 heterocycles. The molecule has 0 aliphatic carbocycles. The normalized spacial score (nSPS) is 11.6. The monoisotopic (exact) mass is 326 g/mol. The number of aromatic nitrogens is 1. The van der Waals surface area contributed by atoms with Crippen LogP contribution in [0.2, 0.25) is 0 Å². The van der Waals surface area contributed by atoms with Crippen molar-refractivity contribution in [2.24, 2.45) is 0 Å². The molecule has 0 amide bonds. The fourth-order valence-corrected chi connectivity index (χ4v) is 3.35. The van der Waals surface area contributed by atoms with Crippen LogP contribution in [-0.4, -0.2) is 27.5 Å². The highest BCUT2D eigenvalue weighted by molar-refractivity contribution is 7.91. The van der Waals surface area contributed by atoms with Crippen LogP contribution in [0.3, 0.4) is 0 Å². The lowest BCUT2D eigenvalue weighted by Crippen LogP contribution is -2.13. The average Bonchev–Trinajstić information content (AvgIpc) is 2.91. The highest BCUT2D eigenvalue weighted by Gasteiger charge is 2.28. The second-order valence-corrected chi connectivity index (χ2v) is 7.04. The molecule has 120 valence electrons. The molecule has 0 N–H and O–H groups in total. The standard InChI is InChI=1S/C15H19FN2O3S/c1-4-5-6-13-17-14(15(21-13)18(2)3)22(19,20)12-9-7-11(16)8-10-12/h7-10H,4-6H2,1-3H3. The van der Waals surface area contributed by atoms with Crippen LogP contribution in [0.25, 0.3) is 0 Å². The van der Waals surface area contributed by atoms with Crippen molar-refractivity contribution in [3.05, 3.63) is 36.0 Å². The zero-order valence-electron chi connectivity index (χ0n) is 12.8. The van der Waals surface area contributed by atoms with Crippen molar-refractivity contribution < 1.29 is 17.2 Å². The number of halogens is 1. The predicted molar refractivity (Wildman–Crippen MR) is 81.3 cm³/mol. The maximum atomic E-state index is 13.0. The van der Waals surface area contributed by atoms with E-state index in [0.717, 1.165) is 25.0 Å². The number of oxazole rings is 1. The van der Waals surface area contributed by atoms with Crippen molar-refractivity contribution in [3.8, 4) is 0 Å². The van der Waals surface area contributed by atoms with E-state index in [1.54, 1.807) is 19.0 Å². The second kappa shape index (κ2) is 6.48. The lowest BCUT2D eigenvalue weighted by Gasteiger charge is -2.10. The van der Waals surface area contributed by atoms with Gasteiger partial charge in [0.1, 0.15) is 5.82 Å². The topological polar surface area (TPSA) is 63.4 Å². The van der Waals surface area contributed by atoms with Crippen LogP contribution in [-0.2, 0) is 16.3 Å². The highest BCUT2D eigenvalue weighted by Crippen LogP contribution is 2.30. The Balaban J connectivity index is 2.49. The number of anilines is 1. The molecule has 0 bridgehead atoms. The van der Waals surface area contributed by atoms with Gasteiger partial charge in [0.15, 0.2) is 5.89 Å². The minimum Gasteiger partial charge on any atom is -0.424 e. The summed E-state index contributed by atoms with van der Waals surface area (Å²) in [5, 5.41) is -0.129. The number of benzene rings is 1. The van der Waals surface area contributed by atoms with Gasteiger partial charge in [-0.15, -0.1) is 0 Å². The molecule has 1 aromatic heterocycles. The van der Waals surface area contributed by atoms with Gasteiger partial charge in [0.05, 0.1) is 4.90 Å². The van der Waals surface area contributed by atoms with Gasteiger partial charge in [-0.3, -0.25) is 0 Å². The average molecular weight is 326 g/mol. The number of hydrogen-bond acceptors (Lipinski definition) is 5. The largest absolute Gasteiger partial charge is 0.424 e. The lowest BCUT2D eigenvalue weighted by molar-refractivity contribution is 0.486. The molecule has 0 radical (unpaired) electrons. The Morgan fingerprint density at radius 3 is 2.41 bits per heavy atom. The molecule has 2 rings (SSSR count). The highest BCUT2D eigenvalue weighted by atomic mass is 32.2. The summed E-state index contributed by atoms with van der Waals surface area (Å²) in [4.78, 5) is 5.71. The fraction of sp³-hybridized carbons (Fsp3) is 0.400. The maximum Gasteiger partial charge on any atom is 0.235 e. The van der Waals surface area contributed by atoms with E-state index in [2.05, 4.69) is 4.98 Å². The van der Waals surface area contributed by atoms with Gasteiger partial charge in [0.25, 0.3) is 0 Å². The van der Waals surface area contributed by atoms with Gasteiger partial charge in [-0.1, -0.05) is 13.3 Å². The number of hydrogen-bond donors (Lipinski definition) is 0. The molecule has 5 nitrogen and oxygen atoms in total. The number of sulfone groups is 1. The van der Waals surface area contributed by atoms with Crippen LogP contribution >= 0.6 is 0 Å². The number of unbranched alkanes of at least 4 members (excludes halogenated alkanes) is 1. The van der Waals surface area contributed by atoms with E-state index in [9.17, 15) is 12.8 Å². The molecule has 0 spiro atoms. The van der Waals surface area contributed by atoms with Crippen LogP contribution in [0.1, 0.15) is 25.7 Å². The van der Waals surface area contributed by atoms with Crippen LogP contribution < -0.4 is 4.90 Å². The van der Waals surface area contributed by atoms with Crippen molar-refractivity contribution in [2.45, 2.75) is 36.1 Å². The van der Waals surface area contributed by atoms with Crippen LogP contribution in [0, 0.1) is 5.82 Å². The SMILES string of the molecule is CCCCc1nc(S(=O)(=O)c2ccc(F)cc2)c(N(C)C)o1. The summed E-state index contributed by atoms with van der Waals surface area (Å²) in [6.45, 7) is 2.03. The van der Waals surface area contributed by atoms with Crippen molar-refractivity contribution >= 4 is 15.7 Å². The maximum absolute atomic E-state index is 13.0. The van der Waals surface area contributed by atoms with Gasteiger partial charge >= 0.3 is 0 Å². The Morgan fingerprint density at radius 1 is 1.23 bits per heavy atom. The predicted octanol–water partition coefficient (Wildman–Crippen LogP) is 3.06. The van der Waals surface area contributed by atoms with Gasteiger partial charge in [-0.25, -0.2) is 12.8 Å². The lowest BCUT2D eigenvalue weighted by atomic mass is 10.2. The molecule has 0 aliphatic heterocycles. The third kappa shape index (κ3) is 3.30. The van der Waals surface area contributed by atoms with E-state index < -0.39 is 15.7 Å². The number of aryl methyl sites for hydroxylation is 1. The van der Waals surface area contributed by atoms with Crippen molar-refractivity contribution in [2.75, 3.05) is 19.0 Å². The fourth-order valence-electron chi connectivity index (χ4n) is 1.96. The van der Waals surface area contributed by atoms with Crippen molar-refractivity contribution in [1.29, 1.82) is 0 Å². The molecular formula is C15H19FN2O3S. The quantitative estimate of drug-likeness (QED) is 0.764. The summed E-state index contributed by atoms with van der Waals surface area (Å²) in [6.07, 6.45) is 2.40. The third-order valence-corrected chi connectivity index (χ3v) is 4.82. The summed E-state index contributed by atoms with van der Waals surface area (Å²) in [5.74, 6) is 0.0947. The third-order valence-electron chi connectivity index (χ3n) is 3.15. The Morgan fingerprint density at radius 2 is 1.86 bits per heavy atom. The number of rotatable bonds is 6. The summed E-state index contributed by atoms with van der Waals surface area (Å²) in [7, 11) is -0.472. The second-order valence-electron chi connectivity index (χ2n) is 5.17. The van der Waals surface area contributed by atoms with E-state index in [1.807, 2.05) is 6.92 Å². The Labute approximate surface area is 129 Å². The van der Waals surface area contributed by atoms with Gasteiger partial charge < -0.3 is 9.32 Å². The van der Waals surface area contributed by atoms with Gasteiger partial charge in [0, 0.05) is 20.5 Å². The summed E-state index contributed by atoms with van der Waals surface area (Å²) in [6, 6.07) is 4.68. The van der Waals surface area contributed by atoms with Crippen LogP contribution in [0.4, 0.5) is 10.3 Å². The summed E-state index contributed by atoms with van der Waals surface area (Å²) in [5.41, 5.74) is 0. The Kier molecular flexibility index (Phi) is 4.85. The van der Waals surface area contributed by atoms with Gasteiger partial charge in [-0.05, 0) is 30.7 Å². The molecule has 22 heavy (non-hydrogen) atoms. The first-order chi connectivity index (χ1) is 10.4.